The van der Waals surface area contributed by atoms with Gasteiger partial charge in [0.2, 0.25) is 0 Å². The van der Waals surface area contributed by atoms with Crippen molar-refractivity contribution < 1.29 is 0 Å². The van der Waals surface area contributed by atoms with Crippen LogP contribution in [0.15, 0.2) is 16.7 Å². The van der Waals surface area contributed by atoms with Gasteiger partial charge in [0.15, 0.2) is 5.15 Å². The summed E-state index contributed by atoms with van der Waals surface area (Å²) in [5, 5.41) is 0.337. The lowest BCUT2D eigenvalue weighted by molar-refractivity contribution is 1.32. The number of aromatic nitrogens is 1. The van der Waals surface area contributed by atoms with E-state index in [1.807, 2.05) is 0 Å². The van der Waals surface area contributed by atoms with Gasteiger partial charge in [-0.05, 0) is 22.0 Å². The van der Waals surface area contributed by atoms with Crippen molar-refractivity contribution in [1.29, 1.82) is 0 Å². The molecule has 0 amide bonds. The van der Waals surface area contributed by atoms with E-state index in [2.05, 4.69) is 20.9 Å². The number of nitrogens with zero attached hydrogens (tertiary/aromatic N) is 1. The van der Waals surface area contributed by atoms with Gasteiger partial charge < -0.3 is 5.73 Å². The van der Waals surface area contributed by atoms with E-state index in [0.717, 1.165) is 4.47 Å². The Bertz CT molecular complexity index is 206. The zero-order chi connectivity index (χ0) is 6.85. The van der Waals surface area contributed by atoms with E-state index < -0.39 is 0 Å². The molecule has 9 heavy (non-hydrogen) atoms. The van der Waals surface area contributed by atoms with Gasteiger partial charge in [-0.15, -0.1) is 0 Å². The minimum atomic E-state index is 0.337. The Labute approximate surface area is 66.2 Å². The first-order chi connectivity index (χ1) is 4.22. The van der Waals surface area contributed by atoms with Gasteiger partial charge in [-0.1, -0.05) is 11.6 Å². The summed E-state index contributed by atoms with van der Waals surface area (Å²) in [5.41, 5.74) is 5.93. The molecule has 1 aromatic heterocycles. The summed E-state index contributed by atoms with van der Waals surface area (Å²) in [4.78, 5) is 3.75. The number of anilines is 1. The molecule has 1 aromatic rings. The molecule has 0 aliphatic heterocycles. The van der Waals surface area contributed by atoms with Gasteiger partial charge in [0.1, 0.15) is 0 Å². The van der Waals surface area contributed by atoms with E-state index in [1.165, 1.54) is 0 Å². The minimum Gasteiger partial charge on any atom is -0.395 e. The van der Waals surface area contributed by atoms with Gasteiger partial charge in [0, 0.05) is 10.7 Å². The molecule has 48 valence electrons. The normalized spacial score (nSPS) is 9.56. The number of halogens is 2. The fourth-order valence-corrected chi connectivity index (χ4v) is 1.00. The Morgan fingerprint density at radius 1 is 1.67 bits per heavy atom. The van der Waals surface area contributed by atoms with Crippen molar-refractivity contribution in [1.82, 2.24) is 4.98 Å². The van der Waals surface area contributed by atoms with Crippen molar-refractivity contribution in [2.75, 3.05) is 5.73 Å². The molecular formula is C5H4BrClN2. The highest BCUT2D eigenvalue weighted by Crippen LogP contribution is 2.23. The van der Waals surface area contributed by atoms with Crippen LogP contribution in [0.25, 0.3) is 0 Å². The predicted octanol–water partition coefficient (Wildman–Crippen LogP) is 2.08. The average Bonchev–Trinajstić information content (AvgIpc) is 1.83. The molecule has 0 aliphatic rings. The van der Waals surface area contributed by atoms with Crippen LogP contribution in [0.1, 0.15) is 0 Å². The van der Waals surface area contributed by atoms with Gasteiger partial charge in [-0.2, -0.15) is 0 Å². The number of hydrogen-bond donors (Lipinski definition) is 1. The summed E-state index contributed by atoms with van der Waals surface area (Å²) in [6.07, 6.45) is 1.59. The van der Waals surface area contributed by atoms with Crippen LogP contribution >= 0.6 is 27.5 Å². The average molecular weight is 207 g/mol. The zero-order valence-electron chi connectivity index (χ0n) is 4.44. The van der Waals surface area contributed by atoms with E-state index in [4.69, 9.17) is 17.3 Å². The molecule has 2 N–H and O–H groups in total. The van der Waals surface area contributed by atoms with Crippen LogP contribution in [0, 0.1) is 0 Å². The predicted molar refractivity (Wildman–Crippen MR) is 41.4 cm³/mol. The second kappa shape index (κ2) is 2.54. The van der Waals surface area contributed by atoms with E-state index in [-0.39, 0.29) is 0 Å². The molecule has 4 heteroatoms. The summed E-state index contributed by atoms with van der Waals surface area (Å²) in [6, 6.07) is 1.74. The number of pyridine rings is 1. The van der Waals surface area contributed by atoms with Crippen LogP contribution in [0.3, 0.4) is 0 Å². The molecule has 0 aliphatic carbocycles. The summed E-state index contributed by atoms with van der Waals surface area (Å²) in [6.45, 7) is 0. The summed E-state index contributed by atoms with van der Waals surface area (Å²) in [7, 11) is 0. The molecule has 0 atom stereocenters. The van der Waals surface area contributed by atoms with Gasteiger partial charge >= 0.3 is 0 Å². The maximum atomic E-state index is 5.55. The van der Waals surface area contributed by atoms with Crippen LogP contribution in [-0.2, 0) is 0 Å². The summed E-state index contributed by atoms with van der Waals surface area (Å²) in [5.74, 6) is 0. The first kappa shape index (κ1) is 6.83. The van der Waals surface area contributed by atoms with Crippen molar-refractivity contribution >= 4 is 33.2 Å². The molecule has 0 radical (unpaired) electrons. The number of rotatable bonds is 0. The molecule has 0 unspecified atom stereocenters. The van der Waals surface area contributed by atoms with Gasteiger partial charge in [0.25, 0.3) is 0 Å². The Kier molecular flexibility index (Phi) is 1.93. The molecule has 0 saturated carbocycles. The van der Waals surface area contributed by atoms with Gasteiger partial charge in [-0.25, -0.2) is 4.98 Å². The lowest BCUT2D eigenvalue weighted by Gasteiger charge is -1.96. The fraction of sp³-hybridized carbons (Fsp3) is 0. The van der Waals surface area contributed by atoms with E-state index in [1.54, 1.807) is 12.3 Å². The summed E-state index contributed by atoms with van der Waals surface area (Å²) < 4.78 is 0.780. The molecular weight excluding hydrogens is 203 g/mol. The molecule has 0 spiro atoms. The highest BCUT2D eigenvalue weighted by atomic mass is 79.9. The van der Waals surface area contributed by atoms with Crippen LogP contribution in [0.5, 0.6) is 0 Å². The maximum absolute atomic E-state index is 5.55. The topological polar surface area (TPSA) is 38.9 Å². The SMILES string of the molecule is Nc1c(Br)ccnc1Cl. The number of nitrogens with two attached hydrogens (primary N) is 1. The van der Waals surface area contributed by atoms with Crippen molar-refractivity contribution in [3.63, 3.8) is 0 Å². The minimum absolute atomic E-state index is 0.337. The third-order valence-corrected chi connectivity index (χ3v) is 1.88. The van der Waals surface area contributed by atoms with Gasteiger partial charge in [0.05, 0.1) is 5.69 Å². The molecule has 1 rings (SSSR count). The first-order valence-corrected chi connectivity index (χ1v) is 3.44. The second-order valence-corrected chi connectivity index (χ2v) is 2.71. The van der Waals surface area contributed by atoms with Crippen LogP contribution in [0.4, 0.5) is 5.69 Å². The van der Waals surface area contributed by atoms with Crippen molar-refractivity contribution in [2.24, 2.45) is 0 Å². The number of nitrogen functional groups attached to an aromatic ring is 1. The fourth-order valence-electron chi connectivity index (χ4n) is 0.426. The zero-order valence-corrected chi connectivity index (χ0v) is 6.78. The first-order valence-electron chi connectivity index (χ1n) is 2.27. The third kappa shape index (κ3) is 1.34. The van der Waals surface area contributed by atoms with E-state index in [9.17, 15) is 0 Å². The molecule has 1 heterocycles. The summed E-state index contributed by atoms with van der Waals surface area (Å²) >= 11 is 8.74. The van der Waals surface area contributed by atoms with Crippen molar-refractivity contribution in [3.8, 4) is 0 Å². The third-order valence-electron chi connectivity index (χ3n) is 0.888. The second-order valence-electron chi connectivity index (χ2n) is 1.50. The monoisotopic (exact) mass is 206 g/mol. The van der Waals surface area contributed by atoms with Crippen LogP contribution in [0.2, 0.25) is 5.15 Å². The molecule has 0 bridgehead atoms. The molecule has 0 saturated heterocycles. The standard InChI is InChI=1S/C5H4BrClN2/c6-3-1-2-9-5(7)4(3)8/h1-2H,8H2. The largest absolute Gasteiger partial charge is 0.395 e. The van der Waals surface area contributed by atoms with Gasteiger partial charge in [-0.3, -0.25) is 0 Å². The van der Waals surface area contributed by atoms with E-state index in [0.29, 0.717) is 10.8 Å². The molecule has 2 nitrogen and oxygen atoms in total. The van der Waals surface area contributed by atoms with Crippen molar-refractivity contribution in [2.45, 2.75) is 0 Å². The van der Waals surface area contributed by atoms with Crippen molar-refractivity contribution in [3.05, 3.63) is 21.9 Å². The Balaban J connectivity index is 3.25. The van der Waals surface area contributed by atoms with Crippen LogP contribution < -0.4 is 5.73 Å². The highest BCUT2D eigenvalue weighted by Gasteiger charge is 1.98. The Morgan fingerprint density at radius 2 is 2.33 bits per heavy atom. The van der Waals surface area contributed by atoms with Crippen LogP contribution in [-0.4, -0.2) is 4.98 Å². The number of hydrogen-bond acceptors (Lipinski definition) is 2. The molecule has 0 fully saturated rings. The maximum Gasteiger partial charge on any atom is 0.153 e. The highest BCUT2D eigenvalue weighted by molar-refractivity contribution is 9.10. The smallest absolute Gasteiger partial charge is 0.153 e. The molecule has 0 aromatic carbocycles. The Hall–Kier alpha value is -0.280. The van der Waals surface area contributed by atoms with E-state index >= 15 is 0 Å². The lowest BCUT2D eigenvalue weighted by Crippen LogP contribution is -1.88. The lowest BCUT2D eigenvalue weighted by atomic mass is 10.4. The quantitative estimate of drug-likeness (QED) is 0.662. The Morgan fingerprint density at radius 3 is 2.78 bits per heavy atom.